The summed E-state index contributed by atoms with van der Waals surface area (Å²) in [4.78, 5) is 12.5. The zero-order valence-electron chi connectivity index (χ0n) is 14.7. The third-order valence-electron chi connectivity index (χ3n) is 3.77. The lowest BCUT2D eigenvalue weighted by Gasteiger charge is -2.15. The van der Waals surface area contributed by atoms with Crippen LogP contribution in [0.15, 0.2) is 49.3 Å². The number of aryl methyl sites for hydroxylation is 1. The number of nitrogens with zero attached hydrogens (tertiary/aromatic N) is 4. The van der Waals surface area contributed by atoms with Crippen LogP contribution < -0.4 is 21.1 Å². The van der Waals surface area contributed by atoms with Gasteiger partial charge in [0.25, 0.3) is 0 Å². The third-order valence-corrected chi connectivity index (χ3v) is 3.77. The molecule has 8 heteroatoms. The van der Waals surface area contributed by atoms with Crippen molar-refractivity contribution >= 4 is 23.0 Å². The van der Waals surface area contributed by atoms with Gasteiger partial charge in [0.1, 0.15) is 17.8 Å². The minimum Gasteiger partial charge on any atom is -0.492 e. The number of hydrogen-bond donors (Lipinski definition) is 3. The molecule has 0 unspecified atom stereocenters. The minimum absolute atomic E-state index is 0.474. The van der Waals surface area contributed by atoms with Crippen molar-refractivity contribution in [3.05, 3.63) is 49.3 Å². The van der Waals surface area contributed by atoms with Crippen molar-refractivity contribution in [1.29, 1.82) is 0 Å². The van der Waals surface area contributed by atoms with Gasteiger partial charge in [-0.15, -0.1) is 0 Å². The fourth-order valence-electron chi connectivity index (χ4n) is 2.50. The number of rotatable bonds is 9. The number of benzene rings is 1. The van der Waals surface area contributed by atoms with E-state index in [1.807, 2.05) is 42.0 Å². The Morgan fingerprint density at radius 1 is 1.19 bits per heavy atom. The van der Waals surface area contributed by atoms with Crippen LogP contribution in [0.1, 0.15) is 13.3 Å². The second kappa shape index (κ2) is 8.70. The second-order valence-electron chi connectivity index (χ2n) is 5.62. The zero-order chi connectivity index (χ0) is 18.2. The average Bonchev–Trinajstić information content (AvgIpc) is 3.17. The monoisotopic (exact) mass is 353 g/mol. The summed E-state index contributed by atoms with van der Waals surface area (Å²) in [5.41, 5.74) is 7.51. The minimum atomic E-state index is 0.474. The fourth-order valence-corrected chi connectivity index (χ4v) is 2.50. The Bertz CT molecular complexity index is 820. The predicted molar refractivity (Wildman–Crippen MR) is 103 cm³/mol. The van der Waals surface area contributed by atoms with Crippen molar-refractivity contribution in [2.75, 3.05) is 29.5 Å². The van der Waals surface area contributed by atoms with Crippen molar-refractivity contribution < 1.29 is 4.74 Å². The van der Waals surface area contributed by atoms with Crippen LogP contribution in [0.3, 0.4) is 0 Å². The number of hydrogen-bond acceptors (Lipinski definition) is 7. The molecule has 0 spiro atoms. The van der Waals surface area contributed by atoms with E-state index >= 15 is 0 Å². The van der Waals surface area contributed by atoms with Crippen molar-refractivity contribution in [3.8, 4) is 5.75 Å². The summed E-state index contributed by atoms with van der Waals surface area (Å²) >= 11 is 0. The molecule has 136 valence electrons. The lowest BCUT2D eigenvalue weighted by atomic mass is 10.3. The lowest BCUT2D eigenvalue weighted by Crippen LogP contribution is -2.11. The molecule has 0 amide bonds. The van der Waals surface area contributed by atoms with Gasteiger partial charge in [0, 0.05) is 25.5 Å². The second-order valence-corrected chi connectivity index (χ2v) is 5.62. The maximum atomic E-state index is 6.23. The van der Waals surface area contributed by atoms with Crippen LogP contribution in [-0.2, 0) is 6.54 Å². The van der Waals surface area contributed by atoms with Gasteiger partial charge in [-0.1, -0.05) is 12.1 Å². The van der Waals surface area contributed by atoms with Gasteiger partial charge in [0.05, 0.1) is 18.6 Å². The van der Waals surface area contributed by atoms with E-state index in [2.05, 4.69) is 25.6 Å². The summed E-state index contributed by atoms with van der Waals surface area (Å²) in [6.07, 6.45) is 7.93. The third kappa shape index (κ3) is 4.41. The molecule has 0 bridgehead atoms. The average molecular weight is 353 g/mol. The topological polar surface area (TPSA) is 103 Å². The molecular weight excluding hydrogens is 330 g/mol. The molecule has 26 heavy (non-hydrogen) atoms. The first-order chi connectivity index (χ1) is 12.8. The number of imidazole rings is 1. The van der Waals surface area contributed by atoms with Crippen LogP contribution >= 0.6 is 0 Å². The van der Waals surface area contributed by atoms with E-state index < -0.39 is 0 Å². The molecule has 0 aliphatic heterocycles. The molecular formula is C18H23N7O. The van der Waals surface area contributed by atoms with Crippen LogP contribution in [0.2, 0.25) is 0 Å². The Balaban J connectivity index is 1.63. The number of ether oxygens (including phenoxy) is 1. The molecule has 4 N–H and O–H groups in total. The van der Waals surface area contributed by atoms with Gasteiger partial charge in [0.15, 0.2) is 11.6 Å². The van der Waals surface area contributed by atoms with Crippen LogP contribution in [0.4, 0.5) is 23.0 Å². The van der Waals surface area contributed by atoms with Crippen LogP contribution in [0, 0.1) is 0 Å². The van der Waals surface area contributed by atoms with Crippen molar-refractivity contribution in [3.63, 3.8) is 0 Å². The van der Waals surface area contributed by atoms with Crippen LogP contribution in [0.5, 0.6) is 5.75 Å². The lowest BCUT2D eigenvalue weighted by molar-refractivity contribution is 0.342. The van der Waals surface area contributed by atoms with Gasteiger partial charge >= 0.3 is 0 Å². The maximum absolute atomic E-state index is 6.23. The highest BCUT2D eigenvalue weighted by Crippen LogP contribution is 2.30. The molecule has 0 saturated carbocycles. The van der Waals surface area contributed by atoms with E-state index in [-0.39, 0.29) is 0 Å². The van der Waals surface area contributed by atoms with Crippen LogP contribution in [0.25, 0.3) is 0 Å². The summed E-state index contributed by atoms with van der Waals surface area (Å²) in [5.74, 6) is 1.91. The number of aromatic nitrogens is 4. The molecule has 2 aromatic heterocycles. The quantitative estimate of drug-likeness (QED) is 0.508. The van der Waals surface area contributed by atoms with E-state index in [9.17, 15) is 0 Å². The van der Waals surface area contributed by atoms with Crippen molar-refractivity contribution in [2.24, 2.45) is 0 Å². The number of nitrogens with two attached hydrogens (primary N) is 1. The Hall–Kier alpha value is -3.29. The Labute approximate surface area is 152 Å². The Morgan fingerprint density at radius 3 is 2.85 bits per heavy atom. The Kier molecular flexibility index (Phi) is 5.87. The SMILES string of the molecule is CCOc1ccccc1Nc1ncnc(NCCCn2ccnc2)c1N. The maximum Gasteiger partial charge on any atom is 0.159 e. The first kappa shape index (κ1) is 17.5. The normalized spacial score (nSPS) is 10.5. The molecule has 1 aromatic carbocycles. The summed E-state index contributed by atoms with van der Waals surface area (Å²) in [5, 5.41) is 6.49. The highest BCUT2D eigenvalue weighted by Gasteiger charge is 2.10. The first-order valence-corrected chi connectivity index (χ1v) is 8.57. The van der Waals surface area contributed by atoms with E-state index in [1.165, 1.54) is 6.33 Å². The first-order valence-electron chi connectivity index (χ1n) is 8.57. The van der Waals surface area contributed by atoms with Crippen LogP contribution in [-0.4, -0.2) is 32.7 Å². The van der Waals surface area contributed by atoms with E-state index in [1.54, 1.807) is 12.5 Å². The molecule has 0 fully saturated rings. The molecule has 0 radical (unpaired) electrons. The number of anilines is 4. The smallest absolute Gasteiger partial charge is 0.159 e. The molecule has 3 aromatic rings. The highest BCUT2D eigenvalue weighted by molar-refractivity contribution is 5.79. The molecule has 0 aliphatic rings. The molecule has 0 saturated heterocycles. The summed E-state index contributed by atoms with van der Waals surface area (Å²) in [6, 6.07) is 7.67. The fraction of sp³-hybridized carbons (Fsp3) is 0.278. The van der Waals surface area contributed by atoms with Gasteiger partial charge in [-0.3, -0.25) is 0 Å². The Morgan fingerprint density at radius 2 is 2.04 bits per heavy atom. The number of nitrogens with one attached hydrogen (secondary N) is 2. The number of para-hydroxylation sites is 2. The van der Waals surface area contributed by atoms with Gasteiger partial charge < -0.3 is 25.7 Å². The van der Waals surface area contributed by atoms with Gasteiger partial charge in [0.2, 0.25) is 0 Å². The number of nitrogen functional groups attached to an aromatic ring is 1. The highest BCUT2D eigenvalue weighted by atomic mass is 16.5. The molecule has 3 rings (SSSR count). The summed E-state index contributed by atoms with van der Waals surface area (Å²) < 4.78 is 7.65. The van der Waals surface area contributed by atoms with Gasteiger partial charge in [-0.05, 0) is 25.5 Å². The van der Waals surface area contributed by atoms with E-state index in [0.29, 0.717) is 23.9 Å². The molecule has 0 atom stereocenters. The van der Waals surface area contributed by atoms with E-state index in [4.69, 9.17) is 10.5 Å². The molecule has 0 aliphatic carbocycles. The van der Waals surface area contributed by atoms with E-state index in [0.717, 1.165) is 30.9 Å². The largest absolute Gasteiger partial charge is 0.492 e. The standard InChI is InChI=1S/C18H23N7O/c1-2-26-15-7-4-3-6-14(15)24-18-16(19)17(22-12-23-18)21-8-5-10-25-11-9-20-13-25/h3-4,6-7,9,11-13H,2,5,8,10,19H2,1H3,(H2,21,22,23,24). The van der Waals surface area contributed by atoms with Crippen molar-refractivity contribution in [1.82, 2.24) is 19.5 Å². The summed E-state index contributed by atoms with van der Waals surface area (Å²) in [7, 11) is 0. The van der Waals surface area contributed by atoms with Gasteiger partial charge in [-0.2, -0.15) is 0 Å². The van der Waals surface area contributed by atoms with Crippen molar-refractivity contribution in [2.45, 2.75) is 19.9 Å². The molecule has 8 nitrogen and oxygen atoms in total. The van der Waals surface area contributed by atoms with Gasteiger partial charge in [-0.25, -0.2) is 15.0 Å². The zero-order valence-corrected chi connectivity index (χ0v) is 14.7. The predicted octanol–water partition coefficient (Wildman–Crippen LogP) is 2.90. The molecule has 2 heterocycles. The summed E-state index contributed by atoms with van der Waals surface area (Å²) in [6.45, 7) is 4.16.